The molecule has 2 heterocycles. The van der Waals surface area contributed by atoms with E-state index < -0.39 is 23.6 Å². The first-order valence-corrected chi connectivity index (χ1v) is 10.0. The van der Waals surface area contributed by atoms with Crippen molar-refractivity contribution in [3.63, 3.8) is 0 Å². The van der Waals surface area contributed by atoms with Crippen molar-refractivity contribution in [2.45, 2.75) is 38.3 Å². The first-order valence-electron chi connectivity index (χ1n) is 10.0. The molecule has 3 aromatic rings. The molecular weight excluding hydrogens is 396 g/mol. The van der Waals surface area contributed by atoms with E-state index in [1.54, 1.807) is 13.0 Å². The minimum atomic E-state index is -1.01. The molecule has 31 heavy (non-hydrogen) atoms. The highest BCUT2D eigenvalue weighted by Gasteiger charge is 2.32. The lowest BCUT2D eigenvalue weighted by Gasteiger charge is -2.18. The number of aryl methyl sites for hydroxylation is 1. The number of hydrogen-bond acceptors (Lipinski definition) is 6. The second kappa shape index (κ2) is 8.86. The first-order chi connectivity index (χ1) is 15.0. The second-order valence-electron chi connectivity index (χ2n) is 7.51. The summed E-state index contributed by atoms with van der Waals surface area (Å²) < 4.78 is 1.42. The minimum absolute atomic E-state index is 0.0479. The van der Waals surface area contributed by atoms with Crippen LogP contribution >= 0.6 is 0 Å². The molecule has 0 aliphatic heterocycles. The number of nitrogens with one attached hydrogen (secondary N) is 2. The van der Waals surface area contributed by atoms with Gasteiger partial charge in [-0.05, 0) is 31.4 Å². The summed E-state index contributed by atoms with van der Waals surface area (Å²) in [4.78, 5) is 46.3. The Kier molecular flexibility index (Phi) is 5.83. The van der Waals surface area contributed by atoms with Gasteiger partial charge in [-0.25, -0.2) is 14.6 Å². The van der Waals surface area contributed by atoms with Gasteiger partial charge in [0.1, 0.15) is 23.8 Å². The lowest BCUT2D eigenvalue weighted by atomic mass is 10.0. The van der Waals surface area contributed by atoms with E-state index in [9.17, 15) is 14.4 Å². The zero-order valence-corrected chi connectivity index (χ0v) is 17.0. The van der Waals surface area contributed by atoms with Gasteiger partial charge in [0.05, 0.1) is 18.1 Å². The zero-order chi connectivity index (χ0) is 21.8. The molecule has 0 saturated heterocycles. The Morgan fingerprint density at radius 2 is 1.84 bits per heavy atom. The highest BCUT2D eigenvalue weighted by Crippen LogP contribution is 2.19. The predicted molar refractivity (Wildman–Crippen MR) is 111 cm³/mol. The number of carbonyl (C=O) groups excluding carboxylic acids is 3. The smallest absolute Gasteiger partial charge is 0.289 e. The summed E-state index contributed by atoms with van der Waals surface area (Å²) >= 11 is 0. The molecule has 2 aromatic heterocycles. The van der Waals surface area contributed by atoms with Crippen molar-refractivity contribution in [1.82, 2.24) is 30.4 Å². The fourth-order valence-corrected chi connectivity index (χ4v) is 3.19. The molecule has 1 aliphatic rings. The van der Waals surface area contributed by atoms with Crippen LogP contribution in [-0.2, 0) is 16.0 Å². The van der Waals surface area contributed by atoms with Gasteiger partial charge in [0.2, 0.25) is 5.78 Å². The maximum atomic E-state index is 13.1. The number of carbonyl (C=O) groups is 3. The Balaban J connectivity index is 1.58. The summed E-state index contributed by atoms with van der Waals surface area (Å²) in [5.74, 6) is -1.86. The van der Waals surface area contributed by atoms with Crippen molar-refractivity contribution in [2.24, 2.45) is 0 Å². The number of amides is 2. The summed E-state index contributed by atoms with van der Waals surface area (Å²) in [7, 11) is 0. The highest BCUT2D eigenvalue weighted by molar-refractivity contribution is 6.38. The molecule has 1 fully saturated rings. The highest BCUT2D eigenvalue weighted by atomic mass is 16.2. The molecule has 1 unspecified atom stereocenters. The van der Waals surface area contributed by atoms with E-state index in [2.05, 4.69) is 25.7 Å². The molecule has 1 saturated carbocycles. The van der Waals surface area contributed by atoms with Crippen LogP contribution in [0.3, 0.4) is 0 Å². The van der Waals surface area contributed by atoms with Crippen LogP contribution in [-0.4, -0.2) is 49.4 Å². The topological polar surface area (TPSA) is 119 Å². The minimum Gasteiger partial charge on any atom is -0.347 e. The summed E-state index contributed by atoms with van der Waals surface area (Å²) in [6.45, 7) is 1.76. The van der Waals surface area contributed by atoms with Gasteiger partial charge in [-0.2, -0.15) is 5.10 Å². The molecule has 1 atom stereocenters. The van der Waals surface area contributed by atoms with Gasteiger partial charge in [0.25, 0.3) is 11.8 Å². The molecule has 0 spiro atoms. The van der Waals surface area contributed by atoms with Gasteiger partial charge in [-0.1, -0.05) is 30.3 Å². The number of rotatable bonds is 8. The molecule has 0 radical (unpaired) electrons. The van der Waals surface area contributed by atoms with Crippen LogP contribution in [0.1, 0.15) is 34.6 Å². The normalized spacial score (nSPS) is 14.0. The SMILES string of the molecule is Cc1cc(C(=O)NC(Cc2ccccc2)C(=O)C(=O)NC2CC2)n(-c2cncnc2)n1. The third-order valence-corrected chi connectivity index (χ3v) is 4.90. The Hall–Kier alpha value is -3.88. The van der Waals surface area contributed by atoms with Gasteiger partial charge >= 0.3 is 0 Å². The van der Waals surface area contributed by atoms with Crippen LogP contribution < -0.4 is 10.6 Å². The van der Waals surface area contributed by atoms with Crippen molar-refractivity contribution in [1.29, 1.82) is 0 Å². The Morgan fingerprint density at radius 3 is 2.52 bits per heavy atom. The fraction of sp³-hybridized carbons (Fsp3) is 0.273. The van der Waals surface area contributed by atoms with Crippen molar-refractivity contribution >= 4 is 17.6 Å². The number of benzene rings is 1. The average Bonchev–Trinajstić information content (AvgIpc) is 3.51. The van der Waals surface area contributed by atoms with E-state index in [-0.39, 0.29) is 18.2 Å². The van der Waals surface area contributed by atoms with E-state index in [4.69, 9.17) is 0 Å². The zero-order valence-electron chi connectivity index (χ0n) is 17.0. The quantitative estimate of drug-likeness (QED) is 0.530. The van der Waals surface area contributed by atoms with Crippen molar-refractivity contribution in [3.05, 3.63) is 72.1 Å². The predicted octanol–water partition coefficient (Wildman–Crippen LogP) is 1.16. The monoisotopic (exact) mass is 418 g/mol. The number of aromatic nitrogens is 4. The number of Topliss-reactive ketones (excluding diaryl/α,β-unsaturated/α-hetero) is 1. The van der Waals surface area contributed by atoms with Crippen molar-refractivity contribution < 1.29 is 14.4 Å². The number of nitrogens with zero attached hydrogens (tertiary/aromatic N) is 4. The first kappa shape index (κ1) is 20.4. The van der Waals surface area contributed by atoms with Crippen LogP contribution in [0.5, 0.6) is 0 Å². The van der Waals surface area contributed by atoms with Gasteiger partial charge < -0.3 is 10.6 Å². The largest absolute Gasteiger partial charge is 0.347 e. The van der Waals surface area contributed by atoms with Crippen molar-refractivity contribution in [2.75, 3.05) is 0 Å². The standard InChI is InChI=1S/C22H22N6O3/c1-14-9-19(28(27-14)17-11-23-13-24-12-17)21(30)26-18(10-15-5-3-2-4-6-15)20(29)22(31)25-16-7-8-16/h2-6,9,11-13,16,18H,7-8,10H2,1H3,(H,25,31)(H,26,30). The average molecular weight is 418 g/mol. The fourth-order valence-electron chi connectivity index (χ4n) is 3.19. The maximum absolute atomic E-state index is 13.1. The molecule has 2 N–H and O–H groups in total. The molecule has 158 valence electrons. The van der Waals surface area contributed by atoms with Gasteiger partial charge in [-0.3, -0.25) is 14.4 Å². The molecule has 1 aliphatic carbocycles. The van der Waals surface area contributed by atoms with E-state index in [1.165, 1.54) is 23.4 Å². The summed E-state index contributed by atoms with van der Waals surface area (Å²) in [6, 6.07) is 9.89. The second-order valence-corrected chi connectivity index (χ2v) is 7.51. The van der Waals surface area contributed by atoms with Crippen LogP contribution in [0, 0.1) is 6.92 Å². The van der Waals surface area contributed by atoms with Crippen LogP contribution in [0.15, 0.2) is 55.1 Å². The van der Waals surface area contributed by atoms with E-state index in [0.717, 1.165) is 18.4 Å². The van der Waals surface area contributed by atoms with E-state index in [0.29, 0.717) is 11.4 Å². The van der Waals surface area contributed by atoms with Crippen LogP contribution in [0.25, 0.3) is 5.69 Å². The lowest BCUT2D eigenvalue weighted by molar-refractivity contribution is -0.139. The Morgan fingerprint density at radius 1 is 1.13 bits per heavy atom. The van der Waals surface area contributed by atoms with E-state index >= 15 is 0 Å². The molecule has 9 nitrogen and oxygen atoms in total. The van der Waals surface area contributed by atoms with Gasteiger partial charge in [0.15, 0.2) is 0 Å². The third kappa shape index (κ3) is 5.00. The third-order valence-electron chi connectivity index (χ3n) is 4.90. The maximum Gasteiger partial charge on any atom is 0.289 e. The molecule has 1 aromatic carbocycles. The van der Waals surface area contributed by atoms with Gasteiger partial charge in [0, 0.05) is 12.5 Å². The lowest BCUT2D eigenvalue weighted by Crippen LogP contribution is -2.49. The van der Waals surface area contributed by atoms with Gasteiger partial charge in [-0.15, -0.1) is 0 Å². The molecular formula is C22H22N6O3. The van der Waals surface area contributed by atoms with E-state index in [1.807, 2.05) is 30.3 Å². The molecule has 2 amide bonds. The molecule has 4 rings (SSSR count). The summed E-state index contributed by atoms with van der Waals surface area (Å²) in [5, 5.41) is 9.76. The molecule has 0 bridgehead atoms. The van der Waals surface area contributed by atoms with Crippen molar-refractivity contribution in [3.8, 4) is 5.69 Å². The van der Waals surface area contributed by atoms with Crippen LogP contribution in [0.2, 0.25) is 0 Å². The number of ketones is 1. The summed E-state index contributed by atoms with van der Waals surface area (Å²) in [6.07, 6.45) is 6.38. The number of hydrogen-bond donors (Lipinski definition) is 2. The Labute approximate surface area is 178 Å². The Bertz CT molecular complexity index is 1090. The summed E-state index contributed by atoms with van der Waals surface area (Å²) in [5.41, 5.74) is 2.19. The molecule has 9 heteroatoms. The van der Waals surface area contributed by atoms with Crippen LogP contribution in [0.4, 0.5) is 0 Å².